The van der Waals surface area contributed by atoms with Crippen molar-refractivity contribution in [3.8, 4) is 0 Å². The number of hydrogen-bond donors (Lipinski definition) is 1. The second-order valence-corrected chi connectivity index (χ2v) is 8.12. The van der Waals surface area contributed by atoms with Crippen molar-refractivity contribution >= 4 is 27.6 Å². The monoisotopic (exact) mass is 395 g/mol. The third-order valence-electron chi connectivity index (χ3n) is 4.05. The molecule has 1 N–H and O–H groups in total. The normalized spacial score (nSPS) is 11.6. The van der Waals surface area contributed by atoms with E-state index < -0.39 is 10.1 Å². The predicted molar refractivity (Wildman–Crippen MR) is 102 cm³/mol. The molecule has 0 saturated carbocycles. The van der Waals surface area contributed by atoms with E-state index in [0.717, 1.165) is 0 Å². The molecule has 0 heterocycles. The lowest BCUT2D eigenvalue weighted by Crippen LogP contribution is -2.37. The van der Waals surface area contributed by atoms with Crippen molar-refractivity contribution < 1.29 is 17.8 Å². The summed E-state index contributed by atoms with van der Waals surface area (Å²) in [5, 5.41) is 0.397. The predicted octanol–water partition coefficient (Wildman–Crippen LogP) is 4.07. The smallest absolute Gasteiger partial charge is 0.294 e. The van der Waals surface area contributed by atoms with Crippen molar-refractivity contribution in [3.05, 3.63) is 64.7 Å². The molecule has 0 saturated heterocycles. The lowest BCUT2D eigenvalue weighted by molar-refractivity contribution is 0.0703. The van der Waals surface area contributed by atoms with Crippen LogP contribution in [0.2, 0.25) is 5.02 Å². The van der Waals surface area contributed by atoms with E-state index >= 15 is 0 Å². The van der Waals surface area contributed by atoms with Gasteiger partial charge in [0, 0.05) is 23.2 Å². The van der Waals surface area contributed by atoms with Gasteiger partial charge in [0.1, 0.15) is 0 Å². The average Bonchev–Trinajstić information content (AvgIpc) is 2.57. The summed E-state index contributed by atoms with van der Waals surface area (Å²) < 4.78 is 32.4. The molecule has 0 aliphatic heterocycles. The van der Waals surface area contributed by atoms with Gasteiger partial charge in [-0.2, -0.15) is 8.42 Å². The Kier molecular flexibility index (Phi) is 6.81. The Hall–Kier alpha value is -1.89. The van der Waals surface area contributed by atoms with E-state index in [1.165, 1.54) is 18.2 Å². The first-order chi connectivity index (χ1) is 12.2. The fraction of sp³-hybridized carbons (Fsp3) is 0.316. The van der Waals surface area contributed by atoms with Crippen LogP contribution < -0.4 is 0 Å². The minimum atomic E-state index is -4.32. The van der Waals surface area contributed by atoms with Gasteiger partial charge in [-0.3, -0.25) is 9.35 Å². The Balaban J connectivity index is 2.12. The molecule has 7 heteroatoms. The van der Waals surface area contributed by atoms with Crippen molar-refractivity contribution in [3.63, 3.8) is 0 Å². The van der Waals surface area contributed by atoms with Crippen LogP contribution in [0.3, 0.4) is 0 Å². The van der Waals surface area contributed by atoms with Gasteiger partial charge in [0.15, 0.2) is 0 Å². The van der Waals surface area contributed by atoms with Crippen LogP contribution in [0, 0.1) is 0 Å². The summed E-state index contributed by atoms with van der Waals surface area (Å²) in [5.74, 6) is -0.0679. The number of aryl methyl sites for hydroxylation is 1. The Bertz CT molecular complexity index is 866. The van der Waals surface area contributed by atoms with E-state index in [4.69, 9.17) is 11.6 Å². The molecule has 0 atom stereocenters. The Morgan fingerprint density at radius 3 is 2.38 bits per heavy atom. The molecule has 140 valence electrons. The fourth-order valence-corrected chi connectivity index (χ4v) is 3.70. The first-order valence-corrected chi connectivity index (χ1v) is 10.1. The van der Waals surface area contributed by atoms with Crippen LogP contribution in [-0.4, -0.2) is 36.4 Å². The maximum Gasteiger partial charge on any atom is 0.294 e. The number of benzene rings is 2. The summed E-state index contributed by atoms with van der Waals surface area (Å²) in [6.07, 6.45) is 0.917. The molecule has 0 spiro atoms. The zero-order chi connectivity index (χ0) is 19.3. The maximum absolute atomic E-state index is 12.7. The minimum absolute atomic E-state index is 0.00288. The minimum Gasteiger partial charge on any atom is -0.336 e. The summed E-state index contributed by atoms with van der Waals surface area (Å²) in [6.45, 7) is 4.33. The standard InChI is InChI=1S/C19H22ClNO4S/c1-14(2)21(19(22)15-7-4-3-5-8-15)12-6-9-16-13-17(20)10-11-18(16)26(23,24)25/h3-5,7-8,10-11,13-14H,6,9,12H2,1-2H3,(H,23,24,25). The van der Waals surface area contributed by atoms with Gasteiger partial charge in [-0.25, -0.2) is 0 Å². The Labute approximate surface area is 159 Å². The van der Waals surface area contributed by atoms with Gasteiger partial charge in [-0.05, 0) is 62.6 Å². The van der Waals surface area contributed by atoms with Crippen LogP contribution in [0.1, 0.15) is 36.2 Å². The molecule has 0 fully saturated rings. The molecule has 0 unspecified atom stereocenters. The summed E-state index contributed by atoms with van der Waals surface area (Å²) in [4.78, 5) is 14.3. The van der Waals surface area contributed by atoms with Crippen LogP contribution in [0.4, 0.5) is 0 Å². The molecule has 2 aromatic rings. The quantitative estimate of drug-likeness (QED) is 0.717. The van der Waals surface area contributed by atoms with E-state index in [1.54, 1.807) is 17.0 Å². The lowest BCUT2D eigenvalue weighted by atomic mass is 10.1. The molecule has 0 radical (unpaired) electrons. The molecule has 0 aromatic heterocycles. The van der Waals surface area contributed by atoms with Gasteiger partial charge in [-0.15, -0.1) is 0 Å². The van der Waals surface area contributed by atoms with Crippen LogP contribution in [0.15, 0.2) is 53.4 Å². The fourth-order valence-electron chi connectivity index (χ4n) is 2.78. The van der Waals surface area contributed by atoms with E-state index in [1.807, 2.05) is 32.0 Å². The Morgan fingerprint density at radius 2 is 1.81 bits per heavy atom. The van der Waals surface area contributed by atoms with Crippen molar-refractivity contribution in [1.82, 2.24) is 4.90 Å². The molecular weight excluding hydrogens is 374 g/mol. The summed E-state index contributed by atoms with van der Waals surface area (Å²) in [6, 6.07) is 13.3. The Morgan fingerprint density at radius 1 is 1.15 bits per heavy atom. The molecule has 26 heavy (non-hydrogen) atoms. The second-order valence-electron chi connectivity index (χ2n) is 6.29. The van der Waals surface area contributed by atoms with Crippen LogP contribution in [0.5, 0.6) is 0 Å². The number of amides is 1. The molecule has 5 nitrogen and oxygen atoms in total. The zero-order valence-corrected chi connectivity index (χ0v) is 16.3. The molecule has 2 aromatic carbocycles. The van der Waals surface area contributed by atoms with Crippen molar-refractivity contribution in [2.24, 2.45) is 0 Å². The highest BCUT2D eigenvalue weighted by Crippen LogP contribution is 2.22. The number of carbonyl (C=O) groups is 1. The molecule has 1 amide bonds. The zero-order valence-electron chi connectivity index (χ0n) is 14.7. The maximum atomic E-state index is 12.7. The average molecular weight is 396 g/mol. The van der Waals surface area contributed by atoms with E-state index in [9.17, 15) is 17.8 Å². The van der Waals surface area contributed by atoms with Crippen molar-refractivity contribution in [1.29, 1.82) is 0 Å². The molecular formula is C19H22ClNO4S. The van der Waals surface area contributed by atoms with Gasteiger partial charge >= 0.3 is 0 Å². The third-order valence-corrected chi connectivity index (χ3v) is 5.24. The highest BCUT2D eigenvalue weighted by Gasteiger charge is 2.20. The number of nitrogens with zero attached hydrogens (tertiary/aromatic N) is 1. The summed E-state index contributed by atoms with van der Waals surface area (Å²) >= 11 is 5.95. The van der Waals surface area contributed by atoms with Crippen molar-refractivity contribution in [2.75, 3.05) is 6.54 Å². The molecule has 0 bridgehead atoms. The van der Waals surface area contributed by atoms with Crippen molar-refractivity contribution in [2.45, 2.75) is 37.6 Å². The second kappa shape index (κ2) is 8.66. The van der Waals surface area contributed by atoms with Gasteiger partial charge in [0.05, 0.1) is 4.90 Å². The van der Waals surface area contributed by atoms with E-state index in [-0.39, 0.29) is 16.8 Å². The molecule has 0 aliphatic rings. The van der Waals surface area contributed by atoms with Gasteiger partial charge < -0.3 is 4.90 Å². The van der Waals surface area contributed by atoms with Gasteiger partial charge in [-0.1, -0.05) is 29.8 Å². The van der Waals surface area contributed by atoms with Gasteiger partial charge in [0.2, 0.25) is 0 Å². The first kappa shape index (κ1) is 20.4. The van der Waals surface area contributed by atoms with E-state index in [0.29, 0.717) is 35.5 Å². The number of hydrogen-bond acceptors (Lipinski definition) is 3. The number of carbonyl (C=O) groups excluding carboxylic acids is 1. The number of rotatable bonds is 7. The molecule has 2 rings (SSSR count). The van der Waals surface area contributed by atoms with E-state index in [2.05, 4.69) is 0 Å². The lowest BCUT2D eigenvalue weighted by Gasteiger charge is -2.27. The number of halogens is 1. The highest BCUT2D eigenvalue weighted by atomic mass is 35.5. The van der Waals surface area contributed by atoms with Crippen LogP contribution >= 0.6 is 11.6 Å². The largest absolute Gasteiger partial charge is 0.336 e. The highest BCUT2D eigenvalue weighted by molar-refractivity contribution is 7.85. The summed E-state index contributed by atoms with van der Waals surface area (Å²) in [5.41, 5.74) is 1.05. The van der Waals surface area contributed by atoms with Crippen LogP contribution in [-0.2, 0) is 16.5 Å². The third kappa shape index (κ3) is 5.30. The SMILES string of the molecule is CC(C)N(CCCc1cc(Cl)ccc1S(=O)(=O)O)C(=O)c1ccccc1. The first-order valence-electron chi connectivity index (χ1n) is 8.32. The topological polar surface area (TPSA) is 74.7 Å². The van der Waals surface area contributed by atoms with Gasteiger partial charge in [0.25, 0.3) is 16.0 Å². The van der Waals surface area contributed by atoms with Crippen LogP contribution in [0.25, 0.3) is 0 Å². The summed E-state index contributed by atoms with van der Waals surface area (Å²) in [7, 11) is -4.32. The molecule has 0 aliphatic carbocycles.